The Bertz CT molecular complexity index is 729. The highest BCUT2D eigenvalue weighted by atomic mass is 16.3. The summed E-state index contributed by atoms with van der Waals surface area (Å²) in [5.74, 6) is 4.50. The molecule has 5 saturated carbocycles. The van der Waals surface area contributed by atoms with E-state index >= 15 is 0 Å². The largest absolute Gasteiger partial charge is 0.390 e. The fourth-order valence-electron chi connectivity index (χ4n) is 10.2. The van der Waals surface area contributed by atoms with E-state index in [1.54, 1.807) is 0 Å². The molecule has 0 bridgehead atoms. The Labute approximate surface area is 197 Å². The highest BCUT2D eigenvalue weighted by Crippen LogP contribution is 2.69. The molecule has 0 aromatic rings. The number of hydrogen-bond donors (Lipinski definition) is 3. The van der Waals surface area contributed by atoms with E-state index in [9.17, 15) is 10.2 Å². The van der Waals surface area contributed by atoms with Crippen LogP contribution in [0.1, 0.15) is 118 Å². The third-order valence-corrected chi connectivity index (χ3v) is 12.5. The summed E-state index contributed by atoms with van der Waals surface area (Å²) in [5.41, 5.74) is 6.60. The van der Waals surface area contributed by atoms with Crippen molar-refractivity contribution < 1.29 is 10.2 Å². The minimum atomic E-state index is -0.583. The summed E-state index contributed by atoms with van der Waals surface area (Å²) in [5, 5.41) is 21.7. The molecule has 5 aliphatic rings. The summed E-state index contributed by atoms with van der Waals surface area (Å²) in [4.78, 5) is 0. The van der Waals surface area contributed by atoms with Crippen LogP contribution in [-0.2, 0) is 0 Å². The Kier molecular flexibility index (Phi) is 5.49. The SMILES string of the molecule is C[C@H](CCC(C)(O)C1CC1)[C@H]1CC[C@H]2[C@@H]3CC[C@@]4(N)C[C@@](C)(O)CC[C@]4(C)[C@H]3CC[C@]12C. The second-order valence-corrected chi connectivity index (χ2v) is 14.5. The molecular weight excluding hydrogens is 394 g/mol. The maximum absolute atomic E-state index is 10.9. The lowest BCUT2D eigenvalue weighted by atomic mass is 9.41. The Balaban J connectivity index is 1.31. The molecule has 5 aliphatic carbocycles. The van der Waals surface area contributed by atoms with Crippen LogP contribution in [0.4, 0.5) is 0 Å². The lowest BCUT2D eigenvalue weighted by Gasteiger charge is -2.66. The van der Waals surface area contributed by atoms with Gasteiger partial charge < -0.3 is 15.9 Å². The molecule has 0 spiro atoms. The van der Waals surface area contributed by atoms with E-state index in [-0.39, 0.29) is 11.0 Å². The molecule has 4 N–H and O–H groups in total. The zero-order valence-electron chi connectivity index (χ0n) is 21.6. The molecule has 184 valence electrons. The first-order valence-corrected chi connectivity index (χ1v) is 14.1. The van der Waals surface area contributed by atoms with Gasteiger partial charge in [0.2, 0.25) is 0 Å². The third-order valence-electron chi connectivity index (χ3n) is 12.5. The average Bonchev–Trinajstić information content (AvgIpc) is 3.50. The molecule has 0 heterocycles. The van der Waals surface area contributed by atoms with Gasteiger partial charge in [0.25, 0.3) is 0 Å². The minimum Gasteiger partial charge on any atom is -0.390 e. The molecule has 0 aromatic carbocycles. The molecule has 0 aromatic heterocycles. The van der Waals surface area contributed by atoms with Crippen molar-refractivity contribution >= 4 is 0 Å². The molecule has 0 radical (unpaired) electrons. The third kappa shape index (κ3) is 3.54. The second-order valence-electron chi connectivity index (χ2n) is 14.5. The zero-order chi connectivity index (χ0) is 23.2. The van der Waals surface area contributed by atoms with Crippen molar-refractivity contribution in [2.24, 2.45) is 52.1 Å². The van der Waals surface area contributed by atoms with Crippen LogP contribution in [0.25, 0.3) is 0 Å². The van der Waals surface area contributed by atoms with E-state index in [1.165, 1.54) is 51.4 Å². The smallest absolute Gasteiger partial charge is 0.0647 e. The van der Waals surface area contributed by atoms with Gasteiger partial charge in [0.1, 0.15) is 0 Å². The zero-order valence-corrected chi connectivity index (χ0v) is 21.6. The Morgan fingerprint density at radius 2 is 1.66 bits per heavy atom. The van der Waals surface area contributed by atoms with Gasteiger partial charge in [0, 0.05) is 5.54 Å². The van der Waals surface area contributed by atoms with Gasteiger partial charge in [-0.3, -0.25) is 0 Å². The number of rotatable bonds is 5. The fourth-order valence-corrected chi connectivity index (χ4v) is 10.2. The maximum Gasteiger partial charge on any atom is 0.0647 e. The molecule has 0 amide bonds. The summed E-state index contributed by atoms with van der Waals surface area (Å²) < 4.78 is 0. The van der Waals surface area contributed by atoms with Crippen molar-refractivity contribution in [1.82, 2.24) is 0 Å². The van der Waals surface area contributed by atoms with Crippen LogP contribution in [0.5, 0.6) is 0 Å². The molecule has 5 fully saturated rings. The van der Waals surface area contributed by atoms with Crippen LogP contribution >= 0.6 is 0 Å². The van der Waals surface area contributed by atoms with Gasteiger partial charge in [-0.2, -0.15) is 0 Å². The Hall–Kier alpha value is -0.120. The summed E-state index contributed by atoms with van der Waals surface area (Å²) >= 11 is 0. The van der Waals surface area contributed by atoms with Gasteiger partial charge in [-0.25, -0.2) is 0 Å². The maximum atomic E-state index is 10.9. The number of nitrogens with two attached hydrogens (primary N) is 1. The molecular formula is C29H51NO2. The van der Waals surface area contributed by atoms with Crippen molar-refractivity contribution in [3.63, 3.8) is 0 Å². The van der Waals surface area contributed by atoms with Gasteiger partial charge in [-0.05, 0) is 144 Å². The molecule has 0 saturated heterocycles. The van der Waals surface area contributed by atoms with Crippen LogP contribution in [0, 0.1) is 46.3 Å². The number of fused-ring (bicyclic) bond motifs is 5. The standard InChI is InChI=1S/C29H51NO2/c1-19(10-14-28(5,32)20-6-7-20)22-8-9-23-21-11-15-29(30)18-25(2,31)16-17-27(29,4)24(21)12-13-26(22,23)3/h19-24,31-32H,6-18,30H2,1-5H3/t19-,21+,22-,23+,24+,25+,26-,27-,28?,29-/m1/s1. The van der Waals surface area contributed by atoms with Crippen LogP contribution in [0.2, 0.25) is 0 Å². The van der Waals surface area contributed by atoms with Crippen molar-refractivity contribution in [3.8, 4) is 0 Å². The second kappa shape index (κ2) is 7.44. The van der Waals surface area contributed by atoms with E-state index in [4.69, 9.17) is 5.73 Å². The number of aliphatic hydroxyl groups is 2. The topological polar surface area (TPSA) is 66.5 Å². The molecule has 5 rings (SSSR count). The highest BCUT2D eigenvalue weighted by molar-refractivity contribution is 5.17. The van der Waals surface area contributed by atoms with E-state index < -0.39 is 11.2 Å². The Morgan fingerprint density at radius 1 is 0.938 bits per heavy atom. The van der Waals surface area contributed by atoms with Crippen molar-refractivity contribution in [3.05, 3.63) is 0 Å². The van der Waals surface area contributed by atoms with Crippen LogP contribution in [-0.4, -0.2) is 27.0 Å². The van der Waals surface area contributed by atoms with Crippen molar-refractivity contribution in [1.29, 1.82) is 0 Å². The van der Waals surface area contributed by atoms with Gasteiger partial charge in [0.05, 0.1) is 11.2 Å². The van der Waals surface area contributed by atoms with Crippen LogP contribution in [0.3, 0.4) is 0 Å². The summed E-state index contributed by atoms with van der Waals surface area (Å²) in [6.45, 7) is 11.7. The van der Waals surface area contributed by atoms with Gasteiger partial charge in [-0.1, -0.05) is 20.8 Å². The lowest BCUT2D eigenvalue weighted by Crippen LogP contribution is -2.68. The summed E-state index contributed by atoms with van der Waals surface area (Å²) in [6.07, 6.45) is 15.2. The molecule has 32 heavy (non-hydrogen) atoms. The molecule has 10 atom stereocenters. The average molecular weight is 446 g/mol. The highest BCUT2D eigenvalue weighted by Gasteiger charge is 2.65. The van der Waals surface area contributed by atoms with E-state index in [0.717, 1.165) is 55.8 Å². The Morgan fingerprint density at radius 3 is 2.34 bits per heavy atom. The number of hydrogen-bond acceptors (Lipinski definition) is 3. The summed E-state index contributed by atoms with van der Waals surface area (Å²) in [7, 11) is 0. The lowest BCUT2D eigenvalue weighted by molar-refractivity contribution is -0.159. The van der Waals surface area contributed by atoms with Gasteiger partial charge >= 0.3 is 0 Å². The monoisotopic (exact) mass is 445 g/mol. The quantitative estimate of drug-likeness (QED) is 0.482. The summed E-state index contributed by atoms with van der Waals surface area (Å²) in [6, 6.07) is 0. The van der Waals surface area contributed by atoms with E-state index in [2.05, 4.69) is 27.7 Å². The molecule has 0 aliphatic heterocycles. The molecule has 1 unspecified atom stereocenters. The predicted octanol–water partition coefficient (Wildman–Crippen LogP) is 6.05. The van der Waals surface area contributed by atoms with Gasteiger partial charge in [-0.15, -0.1) is 0 Å². The normalized spacial score (nSPS) is 53.6. The predicted molar refractivity (Wildman–Crippen MR) is 131 cm³/mol. The van der Waals surface area contributed by atoms with Crippen LogP contribution < -0.4 is 5.73 Å². The first kappa shape index (κ1) is 23.6. The fraction of sp³-hybridized carbons (Fsp3) is 1.00. The molecule has 3 heteroatoms. The minimum absolute atomic E-state index is 0.187. The van der Waals surface area contributed by atoms with Crippen molar-refractivity contribution in [2.75, 3.05) is 0 Å². The van der Waals surface area contributed by atoms with Crippen LogP contribution in [0.15, 0.2) is 0 Å². The van der Waals surface area contributed by atoms with E-state index in [0.29, 0.717) is 17.3 Å². The van der Waals surface area contributed by atoms with Gasteiger partial charge in [0.15, 0.2) is 0 Å². The first-order chi connectivity index (χ1) is 14.8. The van der Waals surface area contributed by atoms with E-state index in [1.807, 2.05) is 6.92 Å². The molecule has 3 nitrogen and oxygen atoms in total. The first-order valence-electron chi connectivity index (χ1n) is 14.1. The van der Waals surface area contributed by atoms with Crippen molar-refractivity contribution in [2.45, 2.75) is 135 Å².